The lowest BCUT2D eigenvalue weighted by molar-refractivity contribution is -0.128. The highest BCUT2D eigenvalue weighted by Gasteiger charge is 2.27. The number of nitrogens with zero attached hydrogens (tertiary/aromatic N) is 5. The van der Waals surface area contributed by atoms with Gasteiger partial charge in [-0.2, -0.15) is 0 Å². The Kier molecular flexibility index (Phi) is 7.11. The van der Waals surface area contributed by atoms with Gasteiger partial charge < -0.3 is 9.80 Å². The van der Waals surface area contributed by atoms with Crippen molar-refractivity contribution in [2.75, 3.05) is 36.8 Å². The number of piperazine rings is 1. The van der Waals surface area contributed by atoms with E-state index in [-0.39, 0.29) is 5.91 Å². The van der Waals surface area contributed by atoms with Gasteiger partial charge in [0.25, 0.3) is 0 Å². The van der Waals surface area contributed by atoms with Crippen molar-refractivity contribution >= 4 is 35.0 Å². The largest absolute Gasteiger partial charge is 0.368 e. The lowest BCUT2D eigenvalue weighted by Gasteiger charge is -2.36. The van der Waals surface area contributed by atoms with Crippen molar-refractivity contribution in [2.24, 2.45) is 0 Å². The van der Waals surface area contributed by atoms with Gasteiger partial charge in [0.15, 0.2) is 11.0 Å². The molecule has 0 spiro atoms. The summed E-state index contributed by atoms with van der Waals surface area (Å²) >= 11 is 7.99. The zero-order chi connectivity index (χ0) is 23.5. The van der Waals surface area contributed by atoms with E-state index in [4.69, 9.17) is 11.6 Å². The lowest BCUT2D eigenvalue weighted by Crippen LogP contribution is -2.49. The molecule has 0 bridgehead atoms. The van der Waals surface area contributed by atoms with Crippen LogP contribution in [0.15, 0.2) is 53.7 Å². The van der Waals surface area contributed by atoms with Crippen molar-refractivity contribution in [3.05, 3.63) is 59.1 Å². The van der Waals surface area contributed by atoms with Crippen molar-refractivity contribution in [1.82, 2.24) is 19.7 Å². The molecular weight excluding hydrogens is 466 g/mol. The number of aryl methyl sites for hydroxylation is 1. The molecule has 2 fully saturated rings. The summed E-state index contributed by atoms with van der Waals surface area (Å²) in [6.45, 7) is 5.31. The van der Waals surface area contributed by atoms with Gasteiger partial charge in [0, 0.05) is 43.5 Å². The van der Waals surface area contributed by atoms with Crippen molar-refractivity contribution in [1.29, 1.82) is 0 Å². The van der Waals surface area contributed by atoms with Gasteiger partial charge in [-0.05, 0) is 49.6 Å². The molecule has 6 nitrogen and oxygen atoms in total. The van der Waals surface area contributed by atoms with Gasteiger partial charge in [-0.1, -0.05) is 60.5 Å². The van der Waals surface area contributed by atoms with E-state index in [1.165, 1.54) is 35.9 Å². The Morgan fingerprint density at radius 3 is 2.53 bits per heavy atom. The van der Waals surface area contributed by atoms with Crippen LogP contribution in [0.25, 0.3) is 11.4 Å². The Balaban J connectivity index is 1.25. The Morgan fingerprint density at radius 2 is 1.79 bits per heavy atom. The van der Waals surface area contributed by atoms with E-state index in [1.807, 2.05) is 29.2 Å². The van der Waals surface area contributed by atoms with Crippen LogP contribution in [0.1, 0.15) is 37.3 Å². The fraction of sp³-hybridized carbons (Fsp3) is 0.423. The van der Waals surface area contributed by atoms with E-state index in [9.17, 15) is 4.79 Å². The van der Waals surface area contributed by atoms with Gasteiger partial charge >= 0.3 is 0 Å². The minimum Gasteiger partial charge on any atom is -0.368 e. The average Bonchev–Trinajstić information content (AvgIpc) is 3.53. The van der Waals surface area contributed by atoms with Crippen molar-refractivity contribution in [3.63, 3.8) is 0 Å². The summed E-state index contributed by atoms with van der Waals surface area (Å²) in [4.78, 5) is 17.4. The van der Waals surface area contributed by atoms with Crippen LogP contribution in [0.4, 0.5) is 5.69 Å². The standard InChI is InChI=1S/C26H30ClN5OS/c1-19-7-6-10-21(17-19)30-13-15-31(16-14-30)24(33)18-34-26-29-28-25(22-11-4-5-12-23(22)27)32(26)20-8-2-3-9-20/h4-7,10-12,17,20H,2-3,8-9,13-16,18H2,1H3. The van der Waals surface area contributed by atoms with Crippen LogP contribution in [0.2, 0.25) is 5.02 Å². The van der Waals surface area contributed by atoms with E-state index < -0.39 is 0 Å². The van der Waals surface area contributed by atoms with Crippen LogP contribution in [-0.2, 0) is 4.79 Å². The predicted molar refractivity (Wildman–Crippen MR) is 139 cm³/mol. The van der Waals surface area contributed by atoms with E-state index in [1.54, 1.807) is 0 Å². The van der Waals surface area contributed by atoms with E-state index in [0.29, 0.717) is 16.8 Å². The normalized spacial score (nSPS) is 16.9. The summed E-state index contributed by atoms with van der Waals surface area (Å²) in [6, 6.07) is 16.7. The third kappa shape index (κ3) is 4.96. The molecule has 1 aliphatic heterocycles. The van der Waals surface area contributed by atoms with Crippen LogP contribution in [0, 0.1) is 6.92 Å². The van der Waals surface area contributed by atoms with E-state index in [0.717, 1.165) is 55.6 Å². The fourth-order valence-electron chi connectivity index (χ4n) is 4.95. The van der Waals surface area contributed by atoms with Gasteiger partial charge in [-0.15, -0.1) is 10.2 Å². The number of aromatic nitrogens is 3. The zero-order valence-electron chi connectivity index (χ0n) is 19.5. The smallest absolute Gasteiger partial charge is 0.233 e. The minimum atomic E-state index is 0.161. The monoisotopic (exact) mass is 495 g/mol. The van der Waals surface area contributed by atoms with Crippen LogP contribution in [0.5, 0.6) is 0 Å². The molecule has 1 aliphatic carbocycles. The molecule has 5 rings (SSSR count). The predicted octanol–water partition coefficient (Wildman–Crippen LogP) is 5.46. The Labute approximate surface area is 210 Å². The highest BCUT2D eigenvalue weighted by Crippen LogP contribution is 2.38. The minimum absolute atomic E-state index is 0.161. The third-order valence-electron chi connectivity index (χ3n) is 6.79. The number of amides is 1. The summed E-state index contributed by atoms with van der Waals surface area (Å²) in [7, 11) is 0. The summed E-state index contributed by atoms with van der Waals surface area (Å²) in [5.74, 6) is 1.34. The molecule has 34 heavy (non-hydrogen) atoms. The summed E-state index contributed by atoms with van der Waals surface area (Å²) < 4.78 is 2.22. The van der Waals surface area contributed by atoms with Crippen LogP contribution in [0.3, 0.4) is 0 Å². The molecule has 8 heteroatoms. The number of benzene rings is 2. The molecule has 0 radical (unpaired) electrons. The summed E-state index contributed by atoms with van der Waals surface area (Å²) in [5.41, 5.74) is 3.39. The number of anilines is 1. The molecule has 0 atom stereocenters. The third-order valence-corrected chi connectivity index (χ3v) is 8.05. The Bertz CT molecular complexity index is 1150. The van der Waals surface area contributed by atoms with Crippen LogP contribution < -0.4 is 4.90 Å². The van der Waals surface area contributed by atoms with E-state index in [2.05, 4.69) is 50.9 Å². The summed E-state index contributed by atoms with van der Waals surface area (Å²) in [6.07, 6.45) is 4.63. The fourth-order valence-corrected chi connectivity index (χ4v) is 6.08. The molecule has 2 heterocycles. The average molecular weight is 496 g/mol. The lowest BCUT2D eigenvalue weighted by atomic mass is 10.2. The van der Waals surface area contributed by atoms with Crippen molar-refractivity contribution in [2.45, 2.75) is 43.8 Å². The quantitative estimate of drug-likeness (QED) is 0.425. The molecule has 0 N–H and O–H groups in total. The molecule has 178 valence electrons. The number of thioether (sulfide) groups is 1. The maximum absolute atomic E-state index is 13.0. The van der Waals surface area contributed by atoms with Gasteiger partial charge in [-0.3, -0.25) is 9.36 Å². The Hall–Kier alpha value is -2.51. The number of rotatable bonds is 6. The number of hydrogen-bond donors (Lipinski definition) is 0. The van der Waals surface area contributed by atoms with Gasteiger partial charge in [0.1, 0.15) is 0 Å². The second-order valence-corrected chi connectivity index (χ2v) is 10.4. The van der Waals surface area contributed by atoms with Gasteiger partial charge in [0.05, 0.1) is 10.8 Å². The number of carbonyl (C=O) groups excluding carboxylic acids is 1. The number of hydrogen-bond acceptors (Lipinski definition) is 5. The second-order valence-electron chi connectivity index (χ2n) is 9.09. The van der Waals surface area contributed by atoms with Crippen LogP contribution in [-0.4, -0.2) is 57.5 Å². The zero-order valence-corrected chi connectivity index (χ0v) is 21.1. The topological polar surface area (TPSA) is 54.3 Å². The SMILES string of the molecule is Cc1cccc(N2CCN(C(=O)CSc3nnc(-c4ccccc4Cl)n3C3CCCC3)CC2)c1. The molecule has 1 saturated heterocycles. The molecule has 1 aromatic heterocycles. The van der Waals surface area contributed by atoms with Gasteiger partial charge in [-0.25, -0.2) is 0 Å². The molecule has 3 aromatic rings. The molecule has 2 aromatic carbocycles. The molecule has 1 saturated carbocycles. The maximum atomic E-state index is 13.0. The number of halogens is 1. The van der Waals surface area contributed by atoms with Crippen LogP contribution >= 0.6 is 23.4 Å². The summed E-state index contributed by atoms with van der Waals surface area (Å²) in [5, 5.41) is 10.5. The molecule has 1 amide bonds. The van der Waals surface area contributed by atoms with Crippen molar-refractivity contribution < 1.29 is 4.79 Å². The highest BCUT2D eigenvalue weighted by atomic mass is 35.5. The molecule has 0 unspecified atom stereocenters. The van der Waals surface area contributed by atoms with Gasteiger partial charge in [0.2, 0.25) is 5.91 Å². The second kappa shape index (κ2) is 10.4. The number of carbonyl (C=O) groups is 1. The molecular formula is C26H30ClN5OS. The van der Waals surface area contributed by atoms with E-state index >= 15 is 0 Å². The first-order valence-electron chi connectivity index (χ1n) is 12.0. The first kappa shape index (κ1) is 23.2. The van der Waals surface area contributed by atoms with Crippen molar-refractivity contribution in [3.8, 4) is 11.4 Å². The molecule has 2 aliphatic rings. The first-order chi connectivity index (χ1) is 16.6. The highest BCUT2D eigenvalue weighted by molar-refractivity contribution is 7.99. The maximum Gasteiger partial charge on any atom is 0.233 e. The Morgan fingerprint density at radius 1 is 1.03 bits per heavy atom. The first-order valence-corrected chi connectivity index (χ1v) is 13.4.